The van der Waals surface area contributed by atoms with Crippen molar-refractivity contribution in [3.8, 4) is 11.3 Å². The zero-order chi connectivity index (χ0) is 20.9. The first-order chi connectivity index (χ1) is 13.9. The molecule has 3 aromatic rings. The first kappa shape index (κ1) is 21.4. The lowest BCUT2D eigenvalue weighted by molar-refractivity contribution is 0.102. The van der Waals surface area contributed by atoms with Crippen molar-refractivity contribution in [3.63, 3.8) is 0 Å². The molecule has 6 nitrogen and oxygen atoms in total. The van der Waals surface area contributed by atoms with Gasteiger partial charge in [-0.25, -0.2) is 4.98 Å². The lowest BCUT2D eigenvalue weighted by Gasteiger charge is -2.05. The van der Waals surface area contributed by atoms with Crippen molar-refractivity contribution in [3.05, 3.63) is 70.6 Å². The quantitative estimate of drug-likeness (QED) is 0.433. The van der Waals surface area contributed by atoms with Gasteiger partial charge in [-0.3, -0.25) is 14.7 Å². The first-order valence-electron chi connectivity index (χ1n) is 9.35. The van der Waals surface area contributed by atoms with Gasteiger partial charge in [0.1, 0.15) is 0 Å². The molecule has 0 aliphatic carbocycles. The zero-order valence-corrected chi connectivity index (χ0v) is 17.7. The number of amides is 1. The average Bonchev–Trinajstić information content (AvgIpc) is 3.09. The Bertz CT molecular complexity index is 1010. The average molecular weight is 430 g/mol. The number of anilines is 1. The van der Waals surface area contributed by atoms with Crippen molar-refractivity contribution in [1.82, 2.24) is 4.98 Å². The van der Waals surface area contributed by atoms with Crippen molar-refractivity contribution in [2.75, 3.05) is 5.32 Å². The summed E-state index contributed by atoms with van der Waals surface area (Å²) in [6.07, 6.45) is 2.69. The van der Waals surface area contributed by atoms with Crippen LogP contribution in [0.4, 0.5) is 5.13 Å². The number of carbonyl (C=O) groups is 1. The number of benzene rings is 2. The second-order valence-corrected chi connectivity index (χ2v) is 9.46. The van der Waals surface area contributed by atoms with E-state index in [1.54, 1.807) is 24.3 Å². The van der Waals surface area contributed by atoms with Crippen molar-refractivity contribution in [1.29, 1.82) is 0 Å². The Labute approximate surface area is 173 Å². The molecule has 3 rings (SSSR count). The van der Waals surface area contributed by atoms with Crippen LogP contribution in [0.2, 0.25) is 0 Å². The maximum atomic E-state index is 12.6. The highest BCUT2D eigenvalue weighted by atomic mass is 32.1. The van der Waals surface area contributed by atoms with Crippen molar-refractivity contribution in [2.24, 2.45) is 0 Å². The fourth-order valence-corrected chi connectivity index (χ4v) is 4.61. The van der Waals surface area contributed by atoms with Crippen molar-refractivity contribution >= 4 is 30.0 Å². The number of carbonyl (C=O) groups excluding carboxylic acids is 1. The van der Waals surface area contributed by atoms with Gasteiger partial charge < -0.3 is 9.79 Å². The normalized spacial score (nSPS) is 11.4. The molecule has 0 saturated carbocycles. The van der Waals surface area contributed by atoms with Crippen molar-refractivity contribution in [2.45, 2.75) is 32.3 Å². The van der Waals surface area contributed by atoms with Gasteiger partial charge >= 0.3 is 7.60 Å². The van der Waals surface area contributed by atoms with Crippen LogP contribution >= 0.6 is 18.9 Å². The zero-order valence-electron chi connectivity index (χ0n) is 16.0. The van der Waals surface area contributed by atoms with Gasteiger partial charge in [-0.1, -0.05) is 55.8 Å². The van der Waals surface area contributed by atoms with Crippen LogP contribution in [-0.2, 0) is 17.1 Å². The Morgan fingerprint density at radius 1 is 1.10 bits per heavy atom. The third kappa shape index (κ3) is 6.08. The first-order valence-corrected chi connectivity index (χ1v) is 12.0. The Morgan fingerprint density at radius 3 is 2.41 bits per heavy atom. The van der Waals surface area contributed by atoms with Gasteiger partial charge in [-0.2, -0.15) is 0 Å². The third-order valence-corrected chi connectivity index (χ3v) is 6.13. The predicted molar refractivity (Wildman–Crippen MR) is 116 cm³/mol. The van der Waals surface area contributed by atoms with Crippen LogP contribution in [0.5, 0.6) is 0 Å². The Morgan fingerprint density at radius 2 is 1.79 bits per heavy atom. The van der Waals surface area contributed by atoms with E-state index < -0.39 is 7.60 Å². The molecule has 8 heteroatoms. The minimum atomic E-state index is -4.13. The molecule has 0 bridgehead atoms. The highest BCUT2D eigenvalue weighted by Crippen LogP contribution is 2.39. The molecule has 0 aliphatic heterocycles. The summed E-state index contributed by atoms with van der Waals surface area (Å²) in [6.45, 7) is 2.14. The van der Waals surface area contributed by atoms with Crippen LogP contribution in [0, 0.1) is 0 Å². The number of rotatable bonds is 8. The van der Waals surface area contributed by atoms with E-state index in [0.29, 0.717) is 16.3 Å². The number of unbranched alkanes of at least 4 members (excludes halogenated alkanes) is 1. The molecule has 0 saturated heterocycles. The van der Waals surface area contributed by atoms with Crippen molar-refractivity contribution < 1.29 is 19.1 Å². The molecule has 1 amide bonds. The Hall–Kier alpha value is -2.31. The number of nitrogens with one attached hydrogen (secondary N) is 1. The van der Waals surface area contributed by atoms with E-state index in [2.05, 4.69) is 17.2 Å². The van der Waals surface area contributed by atoms with Gasteiger partial charge in [-0.05, 0) is 30.5 Å². The molecule has 0 unspecified atom stereocenters. The molecular weight excluding hydrogens is 407 g/mol. The van der Waals surface area contributed by atoms with E-state index in [9.17, 15) is 9.36 Å². The minimum absolute atomic E-state index is 0.303. The summed E-state index contributed by atoms with van der Waals surface area (Å²) < 4.78 is 11.1. The number of thiazole rings is 1. The monoisotopic (exact) mass is 430 g/mol. The highest BCUT2D eigenvalue weighted by molar-refractivity contribution is 7.50. The Balaban J connectivity index is 1.78. The lowest BCUT2D eigenvalue weighted by Crippen LogP contribution is -2.11. The van der Waals surface area contributed by atoms with E-state index in [1.165, 1.54) is 11.3 Å². The van der Waals surface area contributed by atoms with Gasteiger partial charge in [0, 0.05) is 16.0 Å². The van der Waals surface area contributed by atoms with Crippen LogP contribution < -0.4 is 5.32 Å². The second kappa shape index (κ2) is 9.46. The van der Waals surface area contributed by atoms with Crippen LogP contribution in [0.1, 0.15) is 40.6 Å². The van der Waals surface area contributed by atoms with E-state index in [1.807, 2.05) is 30.3 Å². The summed E-state index contributed by atoms with van der Waals surface area (Å²) in [5.41, 5.74) is 2.82. The summed E-state index contributed by atoms with van der Waals surface area (Å²) in [5, 5.41) is 3.39. The van der Waals surface area contributed by atoms with Gasteiger partial charge in [0.2, 0.25) is 0 Å². The molecule has 152 valence electrons. The van der Waals surface area contributed by atoms with Gasteiger partial charge in [0.25, 0.3) is 5.91 Å². The van der Waals surface area contributed by atoms with E-state index >= 15 is 0 Å². The lowest BCUT2D eigenvalue weighted by atomic mass is 10.1. The number of hydrogen-bond donors (Lipinski definition) is 3. The second-order valence-electron chi connectivity index (χ2n) is 6.73. The van der Waals surface area contributed by atoms with Crippen LogP contribution in [-0.4, -0.2) is 20.7 Å². The molecule has 29 heavy (non-hydrogen) atoms. The maximum Gasteiger partial charge on any atom is 0.329 e. The fraction of sp³-hybridized carbons (Fsp3) is 0.238. The molecular formula is C21H23N2O4PS. The molecule has 1 aromatic heterocycles. The van der Waals surface area contributed by atoms with Gasteiger partial charge in [-0.15, -0.1) is 11.3 Å². The predicted octanol–water partition coefficient (Wildman–Crippen LogP) is 5.08. The molecule has 3 N–H and O–H groups in total. The third-order valence-electron chi connectivity index (χ3n) is 4.33. The number of hydrogen-bond acceptors (Lipinski definition) is 4. The maximum absolute atomic E-state index is 12.6. The topological polar surface area (TPSA) is 99.5 Å². The molecule has 2 aromatic carbocycles. The number of aryl methyl sites for hydroxylation is 1. The minimum Gasteiger partial charge on any atom is -0.324 e. The van der Waals surface area contributed by atoms with Crippen LogP contribution in [0.25, 0.3) is 11.3 Å². The Kier molecular flexibility index (Phi) is 6.98. The van der Waals surface area contributed by atoms with Gasteiger partial charge in [0.15, 0.2) is 5.13 Å². The summed E-state index contributed by atoms with van der Waals surface area (Å²) in [7, 11) is -4.13. The smallest absolute Gasteiger partial charge is 0.324 e. The van der Waals surface area contributed by atoms with E-state index in [0.717, 1.165) is 35.4 Å². The summed E-state index contributed by atoms with van der Waals surface area (Å²) in [4.78, 5) is 36.5. The highest BCUT2D eigenvalue weighted by Gasteiger charge is 2.17. The summed E-state index contributed by atoms with van der Waals surface area (Å²) >= 11 is 1.48. The van der Waals surface area contributed by atoms with Crippen LogP contribution in [0.3, 0.4) is 0 Å². The molecule has 0 spiro atoms. The standard InChI is InChI=1S/C21H23N2O4PS/c1-2-3-9-18-19(16-7-5-4-6-8-16)22-21(29-18)23-20(24)17-12-10-15(11-13-17)14-28(25,26)27/h4-8,10-13H,2-3,9,14H2,1H3,(H,22,23,24)(H2,25,26,27). The van der Waals surface area contributed by atoms with Gasteiger partial charge in [0.05, 0.1) is 11.9 Å². The number of aromatic nitrogens is 1. The summed E-state index contributed by atoms with van der Waals surface area (Å²) in [6, 6.07) is 16.1. The largest absolute Gasteiger partial charge is 0.329 e. The molecule has 0 radical (unpaired) electrons. The van der Waals surface area contributed by atoms with E-state index in [4.69, 9.17) is 9.79 Å². The summed E-state index contributed by atoms with van der Waals surface area (Å²) in [5.74, 6) is -0.303. The van der Waals surface area contributed by atoms with E-state index in [-0.39, 0.29) is 12.1 Å². The molecule has 0 atom stereocenters. The molecule has 1 heterocycles. The fourth-order valence-electron chi connectivity index (χ4n) is 2.90. The van der Waals surface area contributed by atoms with Crippen LogP contribution in [0.15, 0.2) is 54.6 Å². The number of nitrogens with zero attached hydrogens (tertiary/aromatic N) is 1. The molecule has 0 fully saturated rings. The SMILES string of the molecule is CCCCc1sc(NC(=O)c2ccc(CP(=O)(O)O)cc2)nc1-c1ccccc1. The molecule has 0 aliphatic rings.